The number of aromatic nitrogens is 2. The average molecular weight is 599 g/mol. The molecule has 0 bridgehead atoms. The molecule has 4 N–H and O–H groups in total. The first-order chi connectivity index (χ1) is 20.1. The monoisotopic (exact) mass is 598 g/mol. The molecule has 5 rings (SSSR count). The predicted octanol–water partition coefficient (Wildman–Crippen LogP) is 2.93. The van der Waals surface area contributed by atoms with Gasteiger partial charge in [-0.25, -0.2) is 14.2 Å². The molecular weight excluding hydrogens is 555 g/mol. The van der Waals surface area contributed by atoms with Crippen LogP contribution in [0, 0.1) is 28.6 Å². The normalized spacial score (nSPS) is 39.5. The topological polar surface area (TPSA) is 153 Å². The molecular formula is C32H43FN4O6. The van der Waals surface area contributed by atoms with Crippen molar-refractivity contribution < 1.29 is 33.0 Å². The summed E-state index contributed by atoms with van der Waals surface area (Å²) >= 11 is 0. The molecule has 0 radical (unpaired) electrons. The number of rotatable bonds is 8. The number of esters is 1. The molecule has 234 valence electrons. The summed E-state index contributed by atoms with van der Waals surface area (Å²) in [4.78, 5) is 59.2. The van der Waals surface area contributed by atoms with Crippen molar-refractivity contribution in [3.05, 3.63) is 42.0 Å². The summed E-state index contributed by atoms with van der Waals surface area (Å²) in [6.45, 7) is 8.72. The number of ketones is 2. The summed E-state index contributed by atoms with van der Waals surface area (Å²) in [6, 6.07) is -2.07. The molecule has 3 fully saturated rings. The highest BCUT2D eigenvalue weighted by molar-refractivity contribution is 6.01. The number of hydrogen-bond acceptors (Lipinski definition) is 8. The van der Waals surface area contributed by atoms with Gasteiger partial charge in [0.25, 0.3) is 0 Å². The second kappa shape index (κ2) is 10.8. The van der Waals surface area contributed by atoms with Gasteiger partial charge in [-0.2, -0.15) is 0 Å². The molecule has 2 unspecified atom stereocenters. The van der Waals surface area contributed by atoms with Crippen molar-refractivity contribution >= 4 is 23.4 Å². The Balaban J connectivity index is 1.61. The molecule has 4 aliphatic rings. The van der Waals surface area contributed by atoms with Crippen molar-refractivity contribution in [1.29, 1.82) is 0 Å². The lowest BCUT2D eigenvalue weighted by molar-refractivity contribution is -0.234. The van der Waals surface area contributed by atoms with Crippen LogP contribution < -0.4 is 11.1 Å². The zero-order valence-electron chi connectivity index (χ0n) is 25.7. The summed E-state index contributed by atoms with van der Waals surface area (Å²) in [5.74, 6) is -2.67. The van der Waals surface area contributed by atoms with Crippen LogP contribution in [0.25, 0.3) is 0 Å². The van der Waals surface area contributed by atoms with E-state index in [0.29, 0.717) is 30.5 Å². The Labute approximate surface area is 251 Å². The van der Waals surface area contributed by atoms with Crippen molar-refractivity contribution in [1.82, 2.24) is 15.3 Å². The quantitative estimate of drug-likeness (QED) is 0.386. The molecule has 0 aromatic carbocycles. The van der Waals surface area contributed by atoms with Crippen LogP contribution in [0.2, 0.25) is 0 Å². The van der Waals surface area contributed by atoms with Crippen molar-refractivity contribution in [2.45, 2.75) is 96.2 Å². The first-order valence-electron chi connectivity index (χ1n) is 15.1. The number of halogens is 1. The third-order valence-corrected chi connectivity index (χ3v) is 11.2. The van der Waals surface area contributed by atoms with Gasteiger partial charge in [0, 0.05) is 42.2 Å². The number of carbonyl (C=O) groups is 4. The van der Waals surface area contributed by atoms with Crippen LogP contribution in [-0.2, 0) is 35.1 Å². The van der Waals surface area contributed by atoms with Gasteiger partial charge in [0.05, 0.1) is 12.4 Å². The number of nitrogens with zero attached hydrogens (tertiary/aromatic N) is 1. The number of Topliss-reactive ketones (excluding diaryl/α,β-unsaturated/α-hetero) is 1. The van der Waals surface area contributed by atoms with E-state index in [9.17, 15) is 19.2 Å². The van der Waals surface area contributed by atoms with E-state index in [1.807, 2.05) is 13.8 Å². The van der Waals surface area contributed by atoms with Gasteiger partial charge in [-0.15, -0.1) is 0 Å². The number of imidazole rings is 1. The van der Waals surface area contributed by atoms with E-state index in [4.69, 9.17) is 15.2 Å². The fourth-order valence-corrected chi connectivity index (χ4v) is 9.07. The minimum Gasteiger partial charge on any atom is -0.457 e. The molecule has 1 aromatic heterocycles. The number of carbonyl (C=O) groups excluding carboxylic acids is 4. The Morgan fingerprint density at radius 3 is 2.60 bits per heavy atom. The summed E-state index contributed by atoms with van der Waals surface area (Å²) in [6.07, 6.45) is 7.69. The highest BCUT2D eigenvalue weighted by atomic mass is 19.1. The number of alkyl halides is 1. The molecule has 0 aliphatic heterocycles. The van der Waals surface area contributed by atoms with E-state index in [-0.39, 0.29) is 36.2 Å². The van der Waals surface area contributed by atoms with E-state index < -0.39 is 58.1 Å². The first kappa shape index (κ1) is 31.3. The van der Waals surface area contributed by atoms with Crippen LogP contribution in [0.1, 0.15) is 66.0 Å². The molecule has 10 nitrogen and oxygen atoms in total. The standard InChI is InChI=1S/C32H43FN4O6/c1-17-11-24-22-8-10-31(42-6,19(3)38)30(22,5)14-26(32(24,33)29(4)9-7-21(39)13-23(17)29)43-28(41)25(37-27(40)18(2)34)12-20-15-35-16-36-20/h7,9,13,15-18,22,24-26H,8,10-12,14,34H2,1-6H3,(H,35,36)(H,37,40)/t17-,18?,22-,24-,25?,26-,29-,30-,31-,32-/m0/s1. The van der Waals surface area contributed by atoms with Gasteiger partial charge >= 0.3 is 5.97 Å². The van der Waals surface area contributed by atoms with Gasteiger partial charge in [-0.1, -0.05) is 25.5 Å². The third kappa shape index (κ3) is 4.53. The third-order valence-electron chi connectivity index (χ3n) is 11.2. The van der Waals surface area contributed by atoms with Gasteiger partial charge in [-0.3, -0.25) is 14.4 Å². The second-order valence-corrected chi connectivity index (χ2v) is 13.5. The van der Waals surface area contributed by atoms with Gasteiger partial charge in [-0.05, 0) is 70.4 Å². The number of allylic oxidation sites excluding steroid dienone is 4. The number of nitrogens with one attached hydrogen (secondary N) is 2. The zero-order valence-corrected chi connectivity index (χ0v) is 25.7. The first-order valence-corrected chi connectivity index (χ1v) is 15.1. The lowest BCUT2D eigenvalue weighted by Gasteiger charge is -2.64. The number of amides is 1. The minimum atomic E-state index is -2.10. The van der Waals surface area contributed by atoms with E-state index in [1.165, 1.54) is 45.6 Å². The van der Waals surface area contributed by atoms with E-state index in [0.717, 1.165) is 0 Å². The van der Waals surface area contributed by atoms with Gasteiger partial charge in [0.2, 0.25) is 5.91 Å². The molecule has 1 aromatic rings. The smallest absolute Gasteiger partial charge is 0.329 e. The number of aromatic amines is 1. The van der Waals surface area contributed by atoms with Crippen LogP contribution in [0.15, 0.2) is 36.3 Å². The Morgan fingerprint density at radius 2 is 2.00 bits per heavy atom. The fourth-order valence-electron chi connectivity index (χ4n) is 9.07. The zero-order chi connectivity index (χ0) is 31.5. The maximum Gasteiger partial charge on any atom is 0.329 e. The molecule has 4 aliphatic carbocycles. The van der Waals surface area contributed by atoms with Crippen LogP contribution in [0.3, 0.4) is 0 Å². The van der Waals surface area contributed by atoms with Crippen molar-refractivity contribution in [3.8, 4) is 0 Å². The molecule has 0 saturated heterocycles. The Hall–Kier alpha value is -3.18. The minimum absolute atomic E-state index is 0.0237. The molecule has 3 saturated carbocycles. The second-order valence-electron chi connectivity index (χ2n) is 13.5. The molecule has 1 amide bonds. The van der Waals surface area contributed by atoms with E-state index >= 15 is 4.39 Å². The van der Waals surface area contributed by atoms with Gasteiger partial charge in [0.15, 0.2) is 17.2 Å². The van der Waals surface area contributed by atoms with Crippen LogP contribution in [0.5, 0.6) is 0 Å². The van der Waals surface area contributed by atoms with Crippen molar-refractivity contribution in [2.75, 3.05) is 7.11 Å². The largest absolute Gasteiger partial charge is 0.457 e. The van der Waals surface area contributed by atoms with Crippen molar-refractivity contribution in [3.63, 3.8) is 0 Å². The summed E-state index contributed by atoms with van der Waals surface area (Å²) in [7, 11) is 1.51. The van der Waals surface area contributed by atoms with Crippen LogP contribution >= 0.6 is 0 Å². The number of fused-ring (bicyclic) bond motifs is 5. The van der Waals surface area contributed by atoms with Crippen LogP contribution in [-0.4, -0.2) is 70.0 Å². The van der Waals surface area contributed by atoms with Crippen molar-refractivity contribution in [2.24, 2.45) is 34.3 Å². The van der Waals surface area contributed by atoms with E-state index in [2.05, 4.69) is 15.3 Å². The average Bonchev–Trinajstić information content (AvgIpc) is 3.56. The van der Waals surface area contributed by atoms with Crippen LogP contribution in [0.4, 0.5) is 4.39 Å². The summed E-state index contributed by atoms with van der Waals surface area (Å²) in [5.41, 5.74) is 1.68. The van der Waals surface area contributed by atoms with Gasteiger partial charge in [0.1, 0.15) is 17.7 Å². The number of hydrogen-bond donors (Lipinski definition) is 3. The molecule has 43 heavy (non-hydrogen) atoms. The van der Waals surface area contributed by atoms with E-state index in [1.54, 1.807) is 13.0 Å². The predicted molar refractivity (Wildman–Crippen MR) is 155 cm³/mol. The Kier molecular flexibility index (Phi) is 7.82. The Morgan fingerprint density at radius 1 is 1.28 bits per heavy atom. The fraction of sp³-hybridized carbons (Fsp3) is 0.656. The highest BCUT2D eigenvalue weighted by Gasteiger charge is 2.76. The molecule has 10 atom stereocenters. The maximum atomic E-state index is 18.5. The summed E-state index contributed by atoms with van der Waals surface area (Å²) in [5, 5.41) is 2.65. The molecule has 11 heteroatoms. The number of H-pyrrole nitrogens is 1. The lowest BCUT2D eigenvalue weighted by atomic mass is 9.43. The molecule has 0 spiro atoms. The number of ether oxygens (including phenoxy) is 2. The number of methoxy groups -OCH3 is 1. The highest BCUT2D eigenvalue weighted by Crippen LogP contribution is 2.71. The number of nitrogens with two attached hydrogens (primary N) is 1. The molecule has 1 heterocycles. The van der Waals surface area contributed by atoms with Gasteiger partial charge < -0.3 is 25.5 Å². The maximum absolute atomic E-state index is 18.5. The Bertz CT molecular complexity index is 1380. The SMILES string of the molecule is CO[C@]1(C(C)=O)CC[C@H]2[C@@H]3C[C@H](C)C4=CC(=O)C=C[C@]4(C)[C@@]3(F)[C@@H](OC(=O)C(Cc3cnc[nH]3)NC(=O)C(C)N)C[C@@]21C. The summed E-state index contributed by atoms with van der Waals surface area (Å²) < 4.78 is 30.7. The lowest BCUT2D eigenvalue weighted by Crippen LogP contribution is -2.71.